The average Bonchev–Trinajstić information content (AvgIpc) is 2.81. The second-order valence-corrected chi connectivity index (χ2v) is 6.77. The molecule has 0 aliphatic carbocycles. The average molecular weight is 441 g/mol. The Morgan fingerprint density at radius 3 is 2.42 bits per heavy atom. The summed E-state index contributed by atoms with van der Waals surface area (Å²) in [5.74, 6) is 0.792. The van der Waals surface area contributed by atoms with E-state index in [1.54, 1.807) is 7.05 Å². The Bertz CT molecular complexity index is 698. The zero-order valence-electron chi connectivity index (χ0n) is 15.3. The summed E-state index contributed by atoms with van der Waals surface area (Å²) in [6.45, 7) is 11.1. The van der Waals surface area contributed by atoms with E-state index in [1.165, 1.54) is 5.56 Å². The number of nitrogens with zero attached hydrogens (tertiary/aromatic N) is 3. The molecule has 1 aromatic carbocycles. The summed E-state index contributed by atoms with van der Waals surface area (Å²) >= 11 is 0. The lowest BCUT2D eigenvalue weighted by Crippen LogP contribution is -2.47. The van der Waals surface area contributed by atoms with Gasteiger partial charge in [-0.2, -0.15) is 5.10 Å². The molecule has 0 aliphatic heterocycles. The first-order valence-electron chi connectivity index (χ1n) is 7.90. The number of hydrogen-bond donors (Lipinski definition) is 2. The number of nitrogens with one attached hydrogen (secondary N) is 2. The van der Waals surface area contributed by atoms with Crippen LogP contribution in [0.25, 0.3) is 5.69 Å². The van der Waals surface area contributed by atoms with Crippen molar-refractivity contribution in [3.8, 4) is 5.69 Å². The maximum Gasteiger partial charge on any atom is 0.191 e. The molecule has 0 spiro atoms. The minimum atomic E-state index is -0.0307. The van der Waals surface area contributed by atoms with Crippen molar-refractivity contribution in [3.63, 3.8) is 0 Å². The Labute approximate surface area is 162 Å². The van der Waals surface area contributed by atoms with Crippen LogP contribution in [-0.4, -0.2) is 28.3 Å². The van der Waals surface area contributed by atoms with E-state index >= 15 is 0 Å². The van der Waals surface area contributed by atoms with Crippen LogP contribution >= 0.6 is 24.0 Å². The highest BCUT2D eigenvalue weighted by Gasteiger charge is 2.13. The first kappa shape index (κ1) is 20.5. The molecule has 0 amide bonds. The Morgan fingerprint density at radius 1 is 1.21 bits per heavy atom. The van der Waals surface area contributed by atoms with Gasteiger partial charge >= 0.3 is 0 Å². The summed E-state index contributed by atoms with van der Waals surface area (Å²) in [4.78, 5) is 4.28. The van der Waals surface area contributed by atoms with E-state index in [0.717, 1.165) is 23.0 Å². The lowest BCUT2D eigenvalue weighted by atomic mass is 10.1. The largest absolute Gasteiger partial charge is 0.352 e. The van der Waals surface area contributed by atoms with Gasteiger partial charge in [0.1, 0.15) is 0 Å². The topological polar surface area (TPSA) is 54.2 Å². The highest BCUT2D eigenvalue weighted by molar-refractivity contribution is 14.0. The van der Waals surface area contributed by atoms with Crippen molar-refractivity contribution in [1.29, 1.82) is 0 Å². The smallest absolute Gasteiger partial charge is 0.191 e. The molecule has 6 heteroatoms. The lowest BCUT2D eigenvalue weighted by molar-refractivity contribution is 0.501. The third-order valence-electron chi connectivity index (χ3n) is 3.39. The Balaban J connectivity index is 0.00000288. The number of aliphatic imine (C=N–C) groups is 1. The summed E-state index contributed by atoms with van der Waals surface area (Å²) in [5, 5.41) is 11.3. The van der Waals surface area contributed by atoms with Gasteiger partial charge in [0.15, 0.2) is 5.96 Å². The zero-order chi connectivity index (χ0) is 17.0. The van der Waals surface area contributed by atoms with E-state index in [1.807, 2.05) is 23.7 Å². The van der Waals surface area contributed by atoms with Gasteiger partial charge in [0.2, 0.25) is 0 Å². The molecule has 0 radical (unpaired) electrons. The van der Waals surface area contributed by atoms with Crippen LogP contribution in [0.5, 0.6) is 0 Å². The predicted octanol–water partition coefficient (Wildman–Crippen LogP) is 3.57. The van der Waals surface area contributed by atoms with Gasteiger partial charge in [0, 0.05) is 24.8 Å². The maximum atomic E-state index is 4.59. The summed E-state index contributed by atoms with van der Waals surface area (Å²) < 4.78 is 1.99. The number of hydrogen-bond acceptors (Lipinski definition) is 2. The van der Waals surface area contributed by atoms with Crippen LogP contribution in [0, 0.1) is 13.8 Å². The molecule has 0 aliphatic rings. The third-order valence-corrected chi connectivity index (χ3v) is 3.39. The van der Waals surface area contributed by atoms with E-state index in [9.17, 15) is 0 Å². The molecular weight excluding hydrogens is 413 g/mol. The Morgan fingerprint density at radius 2 is 1.88 bits per heavy atom. The van der Waals surface area contributed by atoms with Gasteiger partial charge in [0.25, 0.3) is 0 Å². The number of guanidine groups is 1. The molecule has 0 saturated carbocycles. The Kier molecular flexibility index (Phi) is 7.26. The highest BCUT2D eigenvalue weighted by atomic mass is 127. The van der Waals surface area contributed by atoms with Crippen molar-refractivity contribution in [2.24, 2.45) is 4.99 Å². The van der Waals surface area contributed by atoms with Crippen molar-refractivity contribution < 1.29 is 0 Å². The third kappa shape index (κ3) is 5.51. The van der Waals surface area contributed by atoms with Gasteiger partial charge in [-0.1, -0.05) is 18.2 Å². The van der Waals surface area contributed by atoms with E-state index in [2.05, 4.69) is 66.6 Å². The Hall–Kier alpha value is -1.57. The molecule has 2 aromatic rings. The van der Waals surface area contributed by atoms with Crippen LogP contribution in [0.3, 0.4) is 0 Å². The standard InChI is InChI=1S/C18H27N5.HI/c1-13-11-14(2)23(22-13)16-10-8-7-9-15(16)12-20-17(19-6)21-18(3,4)5;/h7-11H,12H2,1-6H3,(H2,19,20,21);1H. The van der Waals surface area contributed by atoms with Crippen LogP contribution in [0.4, 0.5) is 0 Å². The molecule has 24 heavy (non-hydrogen) atoms. The minimum absolute atomic E-state index is 0. The molecule has 0 atom stereocenters. The summed E-state index contributed by atoms with van der Waals surface area (Å²) in [7, 11) is 1.79. The molecule has 1 aromatic heterocycles. The molecule has 1 heterocycles. The summed E-state index contributed by atoms with van der Waals surface area (Å²) in [6, 6.07) is 10.4. The normalized spacial score (nSPS) is 11.8. The van der Waals surface area contributed by atoms with Crippen LogP contribution < -0.4 is 10.6 Å². The fraction of sp³-hybridized carbons (Fsp3) is 0.444. The van der Waals surface area contributed by atoms with Gasteiger partial charge in [-0.3, -0.25) is 4.99 Å². The molecule has 0 saturated heterocycles. The van der Waals surface area contributed by atoms with E-state index in [-0.39, 0.29) is 29.5 Å². The van der Waals surface area contributed by atoms with Crippen LogP contribution in [0.1, 0.15) is 37.7 Å². The van der Waals surface area contributed by atoms with Crippen molar-refractivity contribution >= 4 is 29.9 Å². The molecule has 5 nitrogen and oxygen atoms in total. The number of halogens is 1. The number of aromatic nitrogens is 2. The molecule has 0 bridgehead atoms. The SMILES string of the molecule is CN=C(NCc1ccccc1-n1nc(C)cc1C)NC(C)(C)C.I. The fourth-order valence-electron chi connectivity index (χ4n) is 2.45. The first-order chi connectivity index (χ1) is 10.8. The molecule has 2 rings (SSSR count). The lowest BCUT2D eigenvalue weighted by Gasteiger charge is -2.24. The van der Waals surface area contributed by atoms with Gasteiger partial charge < -0.3 is 10.6 Å². The number of rotatable bonds is 3. The number of aryl methyl sites for hydroxylation is 2. The van der Waals surface area contributed by atoms with Crippen molar-refractivity contribution in [1.82, 2.24) is 20.4 Å². The second kappa shape index (κ2) is 8.50. The van der Waals surface area contributed by atoms with E-state index in [0.29, 0.717) is 6.54 Å². The predicted molar refractivity (Wildman–Crippen MR) is 112 cm³/mol. The van der Waals surface area contributed by atoms with Crippen molar-refractivity contribution in [3.05, 3.63) is 47.3 Å². The zero-order valence-corrected chi connectivity index (χ0v) is 17.7. The van der Waals surface area contributed by atoms with Gasteiger partial charge in [-0.25, -0.2) is 4.68 Å². The second-order valence-electron chi connectivity index (χ2n) is 6.77. The van der Waals surface area contributed by atoms with Crippen LogP contribution in [0.15, 0.2) is 35.3 Å². The van der Waals surface area contributed by atoms with Gasteiger partial charge in [-0.05, 0) is 52.3 Å². The van der Waals surface area contributed by atoms with E-state index in [4.69, 9.17) is 0 Å². The molecule has 132 valence electrons. The quantitative estimate of drug-likeness (QED) is 0.435. The molecular formula is C18H28IN5. The number of para-hydroxylation sites is 1. The summed E-state index contributed by atoms with van der Waals surface area (Å²) in [5.41, 5.74) is 4.40. The highest BCUT2D eigenvalue weighted by Crippen LogP contribution is 2.16. The molecule has 0 fully saturated rings. The fourth-order valence-corrected chi connectivity index (χ4v) is 2.45. The summed E-state index contributed by atoms with van der Waals surface area (Å²) in [6.07, 6.45) is 0. The van der Waals surface area contributed by atoms with E-state index < -0.39 is 0 Å². The first-order valence-corrected chi connectivity index (χ1v) is 7.90. The minimum Gasteiger partial charge on any atom is -0.352 e. The maximum absolute atomic E-state index is 4.59. The van der Waals surface area contributed by atoms with Crippen LogP contribution in [-0.2, 0) is 6.54 Å². The molecule has 2 N–H and O–H groups in total. The van der Waals surface area contributed by atoms with Crippen molar-refractivity contribution in [2.45, 2.75) is 46.7 Å². The number of benzene rings is 1. The molecule has 0 unspecified atom stereocenters. The van der Waals surface area contributed by atoms with Gasteiger partial charge in [0.05, 0.1) is 11.4 Å². The monoisotopic (exact) mass is 441 g/mol. The van der Waals surface area contributed by atoms with Crippen molar-refractivity contribution in [2.75, 3.05) is 7.05 Å². The van der Waals surface area contributed by atoms with Gasteiger partial charge in [-0.15, -0.1) is 24.0 Å². The van der Waals surface area contributed by atoms with Crippen LogP contribution in [0.2, 0.25) is 0 Å².